The molecule has 0 unspecified atom stereocenters. The van der Waals surface area contributed by atoms with Crippen molar-refractivity contribution < 1.29 is 28.5 Å². The van der Waals surface area contributed by atoms with Gasteiger partial charge >= 0.3 is 5.97 Å². The van der Waals surface area contributed by atoms with Gasteiger partial charge in [0.15, 0.2) is 11.5 Å². The molecule has 5 aromatic rings. The van der Waals surface area contributed by atoms with Crippen molar-refractivity contribution in [2.45, 2.75) is 31.7 Å². The standard InChI is InChI=1S/C32H25NO8/c1-38-23-9-8-17(12-24(23)39-2)21-15-40-31-27-19(13-26(35)41-25(27)14-22(34)28(31)30(21)36)20-11-18-6-3-5-16-7-4-10-33(29(16)18)32(20)37/h3,5-6,8-9,11-12,14-15,19,34H,4,7,10,13H2,1-2H3/t19-/m1/s1. The number of fused-ring (bicyclic) bond motifs is 3. The minimum absolute atomic E-state index is 0.0603. The molecule has 0 saturated carbocycles. The summed E-state index contributed by atoms with van der Waals surface area (Å²) in [7, 11) is 3.01. The number of rotatable bonds is 4. The number of hydrogen-bond acceptors (Lipinski definition) is 8. The molecule has 0 radical (unpaired) electrons. The molecule has 9 heteroatoms. The number of ether oxygens (including phenoxy) is 3. The van der Waals surface area contributed by atoms with Crippen LogP contribution in [0.4, 0.5) is 0 Å². The molecule has 0 bridgehead atoms. The second-order valence-electron chi connectivity index (χ2n) is 10.3. The quantitative estimate of drug-likeness (QED) is 0.248. The number of para-hydroxylation sites is 1. The molecule has 41 heavy (non-hydrogen) atoms. The summed E-state index contributed by atoms with van der Waals surface area (Å²) in [5.74, 6) is -0.692. The van der Waals surface area contributed by atoms with Crippen LogP contribution in [0.5, 0.6) is 23.0 Å². The third-order valence-corrected chi connectivity index (χ3v) is 8.09. The molecule has 206 valence electrons. The van der Waals surface area contributed by atoms with E-state index in [1.54, 1.807) is 22.8 Å². The molecule has 0 spiro atoms. The van der Waals surface area contributed by atoms with Crippen molar-refractivity contribution in [2.75, 3.05) is 14.2 Å². The number of aromatic nitrogens is 1. The Bertz CT molecular complexity index is 2040. The van der Waals surface area contributed by atoms with E-state index in [2.05, 4.69) is 0 Å². The van der Waals surface area contributed by atoms with E-state index in [0.29, 0.717) is 34.7 Å². The molecule has 1 N–H and O–H groups in total. The molecule has 2 aliphatic heterocycles. The molecule has 7 rings (SSSR count). The first-order chi connectivity index (χ1) is 19.9. The summed E-state index contributed by atoms with van der Waals surface area (Å²) in [5, 5.41) is 11.8. The highest BCUT2D eigenvalue weighted by molar-refractivity contribution is 5.94. The first-order valence-electron chi connectivity index (χ1n) is 13.3. The molecule has 0 fully saturated rings. The first-order valence-corrected chi connectivity index (χ1v) is 13.3. The number of hydrogen-bond donors (Lipinski definition) is 1. The third kappa shape index (κ3) is 3.72. The van der Waals surface area contributed by atoms with Gasteiger partial charge in [-0.1, -0.05) is 24.3 Å². The van der Waals surface area contributed by atoms with Crippen LogP contribution in [0.1, 0.15) is 35.4 Å². The zero-order valence-corrected chi connectivity index (χ0v) is 22.4. The second kappa shape index (κ2) is 9.26. The predicted molar refractivity (Wildman–Crippen MR) is 151 cm³/mol. The fourth-order valence-corrected chi connectivity index (χ4v) is 6.24. The molecule has 4 heterocycles. The Kier molecular flexibility index (Phi) is 5.64. The van der Waals surface area contributed by atoms with Crippen molar-refractivity contribution >= 4 is 27.8 Å². The van der Waals surface area contributed by atoms with Gasteiger partial charge in [-0.25, -0.2) is 0 Å². The van der Waals surface area contributed by atoms with Crippen molar-refractivity contribution in [3.8, 4) is 34.1 Å². The van der Waals surface area contributed by atoms with E-state index in [4.69, 9.17) is 18.6 Å². The number of methoxy groups -OCH3 is 2. The maximum absolute atomic E-state index is 13.9. The molecule has 2 aromatic heterocycles. The summed E-state index contributed by atoms with van der Waals surface area (Å²) in [6, 6.07) is 14.0. The summed E-state index contributed by atoms with van der Waals surface area (Å²) < 4.78 is 24.0. The van der Waals surface area contributed by atoms with Gasteiger partial charge in [-0.2, -0.15) is 0 Å². The Hall–Kier alpha value is -5.05. The first kappa shape index (κ1) is 25.0. The second-order valence-corrected chi connectivity index (χ2v) is 10.3. The van der Waals surface area contributed by atoms with Crippen molar-refractivity contribution in [3.63, 3.8) is 0 Å². The van der Waals surface area contributed by atoms with Crippen molar-refractivity contribution in [3.05, 3.63) is 92.1 Å². The average molecular weight is 552 g/mol. The number of aromatic hydroxyl groups is 1. The van der Waals surface area contributed by atoms with Crippen molar-refractivity contribution in [2.24, 2.45) is 0 Å². The zero-order chi connectivity index (χ0) is 28.4. The van der Waals surface area contributed by atoms with Gasteiger partial charge in [0.1, 0.15) is 28.7 Å². The topological polar surface area (TPSA) is 117 Å². The highest BCUT2D eigenvalue weighted by atomic mass is 16.5. The van der Waals surface area contributed by atoms with Gasteiger partial charge < -0.3 is 28.3 Å². The van der Waals surface area contributed by atoms with Gasteiger partial charge in [0.25, 0.3) is 5.56 Å². The van der Waals surface area contributed by atoms with Crippen LogP contribution in [-0.2, 0) is 17.8 Å². The maximum Gasteiger partial charge on any atom is 0.312 e. The van der Waals surface area contributed by atoms with Gasteiger partial charge in [0, 0.05) is 29.7 Å². The molecular weight excluding hydrogens is 526 g/mol. The van der Waals surface area contributed by atoms with E-state index in [1.807, 2.05) is 24.3 Å². The van der Waals surface area contributed by atoms with Crippen LogP contribution in [0, 0.1) is 0 Å². The van der Waals surface area contributed by atoms with Crippen molar-refractivity contribution in [1.82, 2.24) is 4.57 Å². The number of esters is 1. The van der Waals surface area contributed by atoms with E-state index < -0.39 is 23.1 Å². The molecular formula is C32H25NO8. The summed E-state index contributed by atoms with van der Waals surface area (Å²) in [4.78, 5) is 40.4. The normalized spacial score (nSPS) is 16.0. The Morgan fingerprint density at radius 2 is 1.83 bits per heavy atom. The fourth-order valence-electron chi connectivity index (χ4n) is 6.24. The summed E-state index contributed by atoms with van der Waals surface area (Å²) in [6.07, 6.45) is 2.92. The van der Waals surface area contributed by atoms with Gasteiger partial charge in [-0.05, 0) is 47.6 Å². The molecule has 0 saturated heterocycles. The van der Waals surface area contributed by atoms with Crippen LogP contribution >= 0.6 is 0 Å². The number of nitrogens with zero attached hydrogens (tertiary/aromatic N) is 1. The average Bonchev–Trinajstić information content (AvgIpc) is 2.98. The third-order valence-electron chi connectivity index (χ3n) is 8.09. The molecule has 1 atom stereocenters. The lowest BCUT2D eigenvalue weighted by atomic mass is 9.84. The Labute approximate surface area is 233 Å². The van der Waals surface area contributed by atoms with E-state index in [0.717, 1.165) is 29.3 Å². The molecule has 0 amide bonds. The highest BCUT2D eigenvalue weighted by Gasteiger charge is 2.36. The van der Waals surface area contributed by atoms with Crippen LogP contribution in [0.3, 0.4) is 0 Å². The Morgan fingerprint density at radius 1 is 1.00 bits per heavy atom. The zero-order valence-electron chi connectivity index (χ0n) is 22.4. The smallest absolute Gasteiger partial charge is 0.312 e. The van der Waals surface area contributed by atoms with E-state index in [-0.39, 0.29) is 34.3 Å². The van der Waals surface area contributed by atoms with Gasteiger partial charge in [-0.15, -0.1) is 0 Å². The summed E-state index contributed by atoms with van der Waals surface area (Å²) >= 11 is 0. The van der Waals surface area contributed by atoms with Gasteiger partial charge in [-0.3, -0.25) is 14.4 Å². The van der Waals surface area contributed by atoms with E-state index >= 15 is 0 Å². The lowest BCUT2D eigenvalue weighted by Crippen LogP contribution is -2.31. The number of benzene rings is 3. The highest BCUT2D eigenvalue weighted by Crippen LogP contribution is 2.45. The summed E-state index contributed by atoms with van der Waals surface area (Å²) in [6.45, 7) is 0.574. The van der Waals surface area contributed by atoms with E-state index in [1.165, 1.54) is 26.5 Å². The maximum atomic E-state index is 13.9. The Balaban J connectivity index is 1.47. The largest absolute Gasteiger partial charge is 0.507 e. The number of phenolic OH excluding ortho intramolecular Hbond substituents is 1. The molecule has 2 aliphatic rings. The van der Waals surface area contributed by atoms with Crippen LogP contribution in [0.25, 0.3) is 33.0 Å². The number of pyridine rings is 1. The van der Waals surface area contributed by atoms with Crippen LogP contribution in [0.15, 0.2) is 68.8 Å². The van der Waals surface area contributed by atoms with E-state index in [9.17, 15) is 19.5 Å². The van der Waals surface area contributed by atoms with Crippen LogP contribution in [0.2, 0.25) is 0 Å². The number of carbonyl (C=O) groups is 1. The van der Waals surface area contributed by atoms with Gasteiger partial charge in [0.2, 0.25) is 5.43 Å². The SMILES string of the molecule is COc1ccc(-c2coc3c4c(cc(O)c3c2=O)OC(=O)C[C@@H]4c2cc3cccc4c3n(c2=O)CCC4)cc1OC. The molecule has 3 aromatic carbocycles. The lowest BCUT2D eigenvalue weighted by Gasteiger charge is -2.27. The summed E-state index contributed by atoms with van der Waals surface area (Å²) in [5.41, 5.74) is 2.90. The van der Waals surface area contributed by atoms with Crippen molar-refractivity contribution in [1.29, 1.82) is 0 Å². The fraction of sp³-hybridized carbons (Fsp3) is 0.219. The molecule has 0 aliphatic carbocycles. The predicted octanol–water partition coefficient (Wildman–Crippen LogP) is 4.88. The number of carbonyl (C=O) groups excluding carboxylic acids is 1. The van der Waals surface area contributed by atoms with Crippen LogP contribution < -0.4 is 25.2 Å². The number of aryl methyl sites for hydroxylation is 2. The number of phenols is 1. The monoisotopic (exact) mass is 551 g/mol. The van der Waals surface area contributed by atoms with Gasteiger partial charge in [0.05, 0.1) is 31.7 Å². The Morgan fingerprint density at radius 3 is 2.63 bits per heavy atom. The lowest BCUT2D eigenvalue weighted by molar-refractivity contribution is -0.135. The van der Waals surface area contributed by atoms with Crippen LogP contribution in [-0.4, -0.2) is 29.9 Å². The molecule has 9 nitrogen and oxygen atoms in total. The minimum Gasteiger partial charge on any atom is -0.507 e. The minimum atomic E-state index is -0.740.